The van der Waals surface area contributed by atoms with Crippen LogP contribution in [-0.2, 0) is 22.4 Å². The number of fused-ring (bicyclic) bond motifs is 1. The Labute approximate surface area is 250 Å². The summed E-state index contributed by atoms with van der Waals surface area (Å²) in [5, 5.41) is 10.2. The number of benzene rings is 2. The van der Waals surface area contributed by atoms with Gasteiger partial charge < -0.3 is 20.7 Å². The van der Waals surface area contributed by atoms with Gasteiger partial charge in [-0.3, -0.25) is 4.79 Å². The number of thiocarbonyl (C=S) groups is 1. The number of hydrogen-bond donors (Lipinski definition) is 3. The molecule has 0 bridgehead atoms. The van der Waals surface area contributed by atoms with Crippen LogP contribution in [0.5, 0.6) is 0 Å². The molecule has 3 N–H and O–H groups in total. The number of nitrogens with one attached hydrogen (secondary N) is 3. The van der Waals surface area contributed by atoms with Crippen molar-refractivity contribution in [2.45, 2.75) is 63.5 Å². The minimum Gasteiger partial charge on any atom is -0.465 e. The van der Waals surface area contributed by atoms with Crippen molar-refractivity contribution < 1.29 is 14.3 Å². The van der Waals surface area contributed by atoms with Crippen molar-refractivity contribution in [3.05, 3.63) is 70.6 Å². The molecular weight excluding hydrogens is 559 g/mol. The molecule has 1 aromatic heterocycles. The molecule has 9 heteroatoms. The van der Waals surface area contributed by atoms with Crippen molar-refractivity contribution in [1.82, 2.24) is 0 Å². The molecule has 0 spiro atoms. The Hall–Kier alpha value is -2.88. The summed E-state index contributed by atoms with van der Waals surface area (Å²) in [6, 6.07) is 17.6. The summed E-state index contributed by atoms with van der Waals surface area (Å²) in [6.07, 6.45) is 3.39. The first-order valence-corrected chi connectivity index (χ1v) is 15.6. The quantitative estimate of drug-likeness (QED) is 0.138. The molecule has 6 nitrogen and oxygen atoms in total. The molecule has 0 aliphatic heterocycles. The third kappa shape index (κ3) is 7.44. The predicted octanol–water partition coefficient (Wildman–Crippen LogP) is 8.00. The number of thiophene rings is 1. The average molecular weight is 596 g/mol. The lowest BCUT2D eigenvalue weighted by molar-refractivity contribution is -0.115. The number of rotatable bonds is 8. The molecule has 1 amide bonds. The van der Waals surface area contributed by atoms with Gasteiger partial charge in [0.05, 0.1) is 17.9 Å². The van der Waals surface area contributed by atoms with E-state index in [0.717, 1.165) is 41.1 Å². The molecule has 1 aliphatic carbocycles. The van der Waals surface area contributed by atoms with Crippen LogP contribution in [0, 0.1) is 11.3 Å². The molecule has 4 rings (SSSR count). The van der Waals surface area contributed by atoms with Crippen LogP contribution >= 0.6 is 35.3 Å². The van der Waals surface area contributed by atoms with Crippen molar-refractivity contribution in [3.8, 4) is 0 Å². The minimum atomic E-state index is -0.387. The van der Waals surface area contributed by atoms with Gasteiger partial charge in [-0.05, 0) is 85.1 Å². The Morgan fingerprint density at radius 2 is 1.77 bits per heavy atom. The SMILES string of the molecule is CCC(Sc1cccc(NC(=S)Nc2ccccc2)c1)C(=O)Nc1sc2c(c1C(=O)OC)CCC(C(C)(C)C)C2. The number of para-hydroxylation sites is 1. The molecule has 0 radical (unpaired) electrons. The van der Waals surface area contributed by atoms with Gasteiger partial charge in [0.2, 0.25) is 5.91 Å². The summed E-state index contributed by atoms with van der Waals surface area (Å²) in [7, 11) is 1.39. The highest BCUT2D eigenvalue weighted by molar-refractivity contribution is 8.00. The summed E-state index contributed by atoms with van der Waals surface area (Å²) in [4.78, 5) is 28.4. The molecule has 40 heavy (non-hydrogen) atoms. The van der Waals surface area contributed by atoms with E-state index in [2.05, 4.69) is 36.7 Å². The van der Waals surface area contributed by atoms with Gasteiger partial charge in [-0.1, -0.05) is 52.0 Å². The minimum absolute atomic E-state index is 0.122. The average Bonchev–Trinajstić information content (AvgIpc) is 3.28. The van der Waals surface area contributed by atoms with E-state index in [1.807, 2.05) is 61.5 Å². The first-order valence-electron chi connectivity index (χ1n) is 13.5. The first-order chi connectivity index (χ1) is 19.1. The van der Waals surface area contributed by atoms with Gasteiger partial charge in [-0.25, -0.2) is 4.79 Å². The van der Waals surface area contributed by atoms with Gasteiger partial charge in [0.15, 0.2) is 5.11 Å². The highest BCUT2D eigenvalue weighted by Crippen LogP contribution is 2.44. The molecule has 3 aromatic rings. The lowest BCUT2D eigenvalue weighted by Gasteiger charge is -2.33. The highest BCUT2D eigenvalue weighted by atomic mass is 32.2. The Balaban J connectivity index is 1.46. The molecule has 0 saturated carbocycles. The van der Waals surface area contributed by atoms with Crippen molar-refractivity contribution in [3.63, 3.8) is 0 Å². The van der Waals surface area contributed by atoms with Crippen LogP contribution in [0.1, 0.15) is 61.3 Å². The summed E-state index contributed by atoms with van der Waals surface area (Å²) in [6.45, 7) is 8.79. The van der Waals surface area contributed by atoms with Crippen LogP contribution in [0.3, 0.4) is 0 Å². The lowest BCUT2D eigenvalue weighted by Crippen LogP contribution is -2.27. The lowest BCUT2D eigenvalue weighted by atomic mass is 9.72. The highest BCUT2D eigenvalue weighted by Gasteiger charge is 2.34. The Morgan fingerprint density at radius 1 is 1.07 bits per heavy atom. The van der Waals surface area contributed by atoms with Gasteiger partial charge >= 0.3 is 5.97 Å². The molecule has 0 fully saturated rings. The largest absolute Gasteiger partial charge is 0.465 e. The van der Waals surface area contributed by atoms with E-state index in [1.54, 1.807) is 0 Å². The second-order valence-electron chi connectivity index (χ2n) is 11.0. The number of anilines is 3. The summed E-state index contributed by atoms with van der Waals surface area (Å²) < 4.78 is 5.13. The number of carbonyl (C=O) groups is 2. The Bertz CT molecular complexity index is 1370. The second-order valence-corrected chi connectivity index (χ2v) is 13.8. The van der Waals surface area contributed by atoms with Crippen LogP contribution in [-0.4, -0.2) is 29.3 Å². The van der Waals surface area contributed by atoms with E-state index in [9.17, 15) is 9.59 Å². The maximum absolute atomic E-state index is 13.5. The van der Waals surface area contributed by atoms with E-state index in [-0.39, 0.29) is 22.5 Å². The smallest absolute Gasteiger partial charge is 0.341 e. The van der Waals surface area contributed by atoms with E-state index < -0.39 is 0 Å². The first kappa shape index (κ1) is 30.1. The van der Waals surface area contributed by atoms with Crippen LogP contribution in [0.15, 0.2) is 59.5 Å². The molecule has 0 saturated heterocycles. The van der Waals surface area contributed by atoms with E-state index in [0.29, 0.717) is 28.0 Å². The summed E-state index contributed by atoms with van der Waals surface area (Å²) in [5.41, 5.74) is 3.48. The maximum Gasteiger partial charge on any atom is 0.341 e. The van der Waals surface area contributed by atoms with Crippen molar-refractivity contribution in [2.24, 2.45) is 11.3 Å². The summed E-state index contributed by atoms with van der Waals surface area (Å²) in [5.74, 6) is 0.0214. The zero-order valence-corrected chi connectivity index (χ0v) is 26.1. The Kier molecular flexibility index (Phi) is 9.92. The molecule has 1 heterocycles. The van der Waals surface area contributed by atoms with Gasteiger partial charge in [-0.15, -0.1) is 23.1 Å². The van der Waals surface area contributed by atoms with Crippen LogP contribution in [0.2, 0.25) is 0 Å². The number of thioether (sulfide) groups is 1. The standard InChI is InChI=1S/C31H37N3O3S3/c1-6-24(39-22-14-10-13-21(18-22)33-30(38)32-20-11-8-7-9-12-20)27(35)34-28-26(29(36)37-5)23-16-15-19(31(2,3)4)17-25(23)40-28/h7-14,18-19,24H,6,15-17H2,1-5H3,(H,34,35)(H2,32,33,38). The predicted molar refractivity (Wildman–Crippen MR) is 172 cm³/mol. The van der Waals surface area contributed by atoms with Gasteiger partial charge in [0.25, 0.3) is 0 Å². The zero-order chi connectivity index (χ0) is 28.9. The third-order valence-corrected chi connectivity index (χ3v) is 9.91. The maximum atomic E-state index is 13.5. The summed E-state index contributed by atoms with van der Waals surface area (Å²) >= 11 is 8.48. The normalized spacial score (nSPS) is 15.5. The number of methoxy groups -OCH3 is 1. The van der Waals surface area contributed by atoms with Crippen LogP contribution < -0.4 is 16.0 Å². The van der Waals surface area contributed by atoms with E-state index >= 15 is 0 Å². The number of hydrogen-bond acceptors (Lipinski definition) is 6. The fourth-order valence-electron chi connectivity index (χ4n) is 4.87. The molecule has 2 unspecified atom stereocenters. The number of ether oxygens (including phenoxy) is 1. The Morgan fingerprint density at radius 3 is 2.45 bits per heavy atom. The molecule has 2 aromatic carbocycles. The van der Waals surface area contributed by atoms with Crippen molar-refractivity contribution in [2.75, 3.05) is 23.1 Å². The van der Waals surface area contributed by atoms with Crippen LogP contribution in [0.25, 0.3) is 0 Å². The second kappa shape index (κ2) is 13.2. The monoisotopic (exact) mass is 595 g/mol. The van der Waals surface area contributed by atoms with Crippen molar-refractivity contribution in [1.29, 1.82) is 0 Å². The fraction of sp³-hybridized carbons (Fsp3) is 0.387. The third-order valence-electron chi connectivity index (χ3n) is 7.18. The van der Waals surface area contributed by atoms with Crippen LogP contribution in [0.4, 0.5) is 16.4 Å². The fourth-order valence-corrected chi connectivity index (χ4v) is 7.44. The molecule has 212 valence electrons. The van der Waals surface area contributed by atoms with Gasteiger partial charge in [0.1, 0.15) is 5.00 Å². The molecule has 1 aliphatic rings. The zero-order valence-electron chi connectivity index (χ0n) is 23.6. The van der Waals surface area contributed by atoms with Gasteiger partial charge in [0, 0.05) is 21.1 Å². The molecule has 2 atom stereocenters. The number of carbonyl (C=O) groups excluding carboxylic acids is 2. The molecular formula is C31H37N3O3S3. The van der Waals surface area contributed by atoms with E-state index in [1.165, 1.54) is 35.1 Å². The van der Waals surface area contributed by atoms with Gasteiger partial charge in [-0.2, -0.15) is 0 Å². The van der Waals surface area contributed by atoms with Crippen molar-refractivity contribution >= 4 is 68.7 Å². The van der Waals surface area contributed by atoms with E-state index in [4.69, 9.17) is 17.0 Å². The number of esters is 1. The number of amides is 1. The topological polar surface area (TPSA) is 79.5 Å².